The van der Waals surface area contributed by atoms with Gasteiger partial charge in [-0.15, -0.1) is 6.58 Å². The van der Waals surface area contributed by atoms with Crippen molar-refractivity contribution >= 4 is 17.5 Å². The van der Waals surface area contributed by atoms with Crippen LogP contribution in [0.4, 0.5) is 20.4 Å². The SMILES string of the molecule is C=CCNC(=O)c1cnc(Nc2ccc(F)cc2F)nc1. The van der Waals surface area contributed by atoms with Crippen molar-refractivity contribution in [3.63, 3.8) is 0 Å². The molecule has 0 saturated heterocycles. The summed E-state index contributed by atoms with van der Waals surface area (Å²) in [7, 11) is 0. The standard InChI is InChI=1S/C14H12F2N4O/c1-2-5-17-13(21)9-7-18-14(19-8-9)20-12-4-3-10(15)6-11(12)16/h2-4,6-8H,1,5H2,(H,17,21)(H,18,19,20). The zero-order chi connectivity index (χ0) is 15.2. The molecular weight excluding hydrogens is 278 g/mol. The van der Waals surface area contributed by atoms with Gasteiger partial charge in [0.1, 0.15) is 11.6 Å². The molecule has 108 valence electrons. The Morgan fingerprint density at radius 2 is 2.00 bits per heavy atom. The number of carbonyl (C=O) groups is 1. The van der Waals surface area contributed by atoms with Crippen molar-refractivity contribution in [2.75, 3.05) is 11.9 Å². The molecule has 1 aromatic heterocycles. The molecule has 1 heterocycles. The molecule has 0 atom stereocenters. The number of hydrogen-bond acceptors (Lipinski definition) is 4. The Morgan fingerprint density at radius 1 is 1.29 bits per heavy atom. The zero-order valence-corrected chi connectivity index (χ0v) is 10.9. The second-order valence-corrected chi connectivity index (χ2v) is 4.04. The van der Waals surface area contributed by atoms with Crippen LogP contribution < -0.4 is 10.6 Å². The van der Waals surface area contributed by atoms with Crippen LogP contribution in [0.5, 0.6) is 0 Å². The quantitative estimate of drug-likeness (QED) is 0.830. The van der Waals surface area contributed by atoms with Gasteiger partial charge in [0.05, 0.1) is 11.3 Å². The highest BCUT2D eigenvalue weighted by Gasteiger charge is 2.08. The number of anilines is 2. The van der Waals surface area contributed by atoms with Gasteiger partial charge in [0.25, 0.3) is 5.91 Å². The van der Waals surface area contributed by atoms with Crippen molar-refractivity contribution in [2.45, 2.75) is 0 Å². The van der Waals surface area contributed by atoms with Gasteiger partial charge in [-0.3, -0.25) is 4.79 Å². The van der Waals surface area contributed by atoms with E-state index >= 15 is 0 Å². The van der Waals surface area contributed by atoms with Crippen molar-refractivity contribution in [1.82, 2.24) is 15.3 Å². The van der Waals surface area contributed by atoms with E-state index in [1.807, 2.05) is 0 Å². The van der Waals surface area contributed by atoms with Crippen LogP contribution in [-0.4, -0.2) is 22.4 Å². The molecule has 21 heavy (non-hydrogen) atoms. The molecule has 0 spiro atoms. The summed E-state index contributed by atoms with van der Waals surface area (Å²) in [6, 6.07) is 3.10. The van der Waals surface area contributed by atoms with Gasteiger partial charge in [-0.1, -0.05) is 6.08 Å². The molecule has 0 bridgehead atoms. The van der Waals surface area contributed by atoms with Crippen LogP contribution in [0.2, 0.25) is 0 Å². The van der Waals surface area contributed by atoms with Gasteiger partial charge in [0.2, 0.25) is 5.95 Å². The number of halogens is 2. The van der Waals surface area contributed by atoms with E-state index in [2.05, 4.69) is 27.2 Å². The maximum atomic E-state index is 13.5. The average molecular weight is 290 g/mol. The lowest BCUT2D eigenvalue weighted by Crippen LogP contribution is -2.23. The van der Waals surface area contributed by atoms with Gasteiger partial charge < -0.3 is 10.6 Å². The highest BCUT2D eigenvalue weighted by Crippen LogP contribution is 2.18. The first kappa shape index (κ1) is 14.6. The topological polar surface area (TPSA) is 66.9 Å². The van der Waals surface area contributed by atoms with Crippen LogP contribution >= 0.6 is 0 Å². The third-order valence-corrected chi connectivity index (χ3v) is 2.50. The minimum absolute atomic E-state index is 0.0419. The molecule has 0 aliphatic rings. The Kier molecular flexibility index (Phi) is 4.55. The predicted octanol–water partition coefficient (Wildman–Crippen LogP) is 2.41. The summed E-state index contributed by atoms with van der Waals surface area (Å²) in [5.74, 6) is -1.67. The molecule has 0 aliphatic carbocycles. The van der Waals surface area contributed by atoms with Crippen LogP contribution in [0.3, 0.4) is 0 Å². The van der Waals surface area contributed by atoms with E-state index in [0.717, 1.165) is 12.1 Å². The first-order chi connectivity index (χ1) is 10.1. The summed E-state index contributed by atoms with van der Waals surface area (Å²) in [6.45, 7) is 3.82. The molecule has 0 radical (unpaired) electrons. The van der Waals surface area contributed by atoms with Crippen molar-refractivity contribution in [3.8, 4) is 0 Å². The number of amides is 1. The highest BCUT2D eigenvalue weighted by atomic mass is 19.1. The number of hydrogen-bond donors (Lipinski definition) is 2. The van der Waals surface area contributed by atoms with Gasteiger partial charge in [0, 0.05) is 25.0 Å². The lowest BCUT2D eigenvalue weighted by molar-refractivity contribution is 0.0957. The summed E-state index contributed by atoms with van der Waals surface area (Å²) in [5.41, 5.74) is 0.308. The Labute approximate surface area is 119 Å². The van der Waals surface area contributed by atoms with Crippen LogP contribution in [0.25, 0.3) is 0 Å². The predicted molar refractivity (Wildman–Crippen MR) is 74.2 cm³/mol. The molecule has 2 aromatic rings. The molecule has 5 nitrogen and oxygen atoms in total. The Hall–Kier alpha value is -2.83. The van der Waals surface area contributed by atoms with E-state index in [-0.39, 0.29) is 23.1 Å². The molecule has 0 aliphatic heterocycles. The maximum absolute atomic E-state index is 13.5. The van der Waals surface area contributed by atoms with E-state index in [0.29, 0.717) is 6.54 Å². The first-order valence-corrected chi connectivity index (χ1v) is 6.03. The van der Waals surface area contributed by atoms with E-state index < -0.39 is 11.6 Å². The Balaban J connectivity index is 2.08. The molecule has 1 aromatic carbocycles. The van der Waals surface area contributed by atoms with E-state index in [4.69, 9.17) is 0 Å². The van der Waals surface area contributed by atoms with Gasteiger partial charge in [-0.05, 0) is 12.1 Å². The molecule has 0 saturated carbocycles. The summed E-state index contributed by atoms with van der Waals surface area (Å²) >= 11 is 0. The fourth-order valence-electron chi connectivity index (χ4n) is 1.49. The third-order valence-electron chi connectivity index (χ3n) is 2.50. The van der Waals surface area contributed by atoms with Gasteiger partial charge in [-0.2, -0.15) is 0 Å². The summed E-state index contributed by atoms with van der Waals surface area (Å²) < 4.78 is 26.2. The number of nitrogens with zero attached hydrogens (tertiary/aromatic N) is 2. The lowest BCUT2D eigenvalue weighted by atomic mass is 10.3. The van der Waals surface area contributed by atoms with Crippen LogP contribution in [0, 0.1) is 11.6 Å². The van der Waals surface area contributed by atoms with E-state index in [1.54, 1.807) is 6.08 Å². The largest absolute Gasteiger partial charge is 0.348 e. The fourth-order valence-corrected chi connectivity index (χ4v) is 1.49. The summed E-state index contributed by atoms with van der Waals surface area (Å²) in [4.78, 5) is 19.4. The van der Waals surface area contributed by atoms with Crippen molar-refractivity contribution in [1.29, 1.82) is 0 Å². The minimum atomic E-state index is -0.758. The van der Waals surface area contributed by atoms with Crippen LogP contribution in [-0.2, 0) is 0 Å². The average Bonchev–Trinajstić information content (AvgIpc) is 2.48. The van der Waals surface area contributed by atoms with Crippen molar-refractivity contribution < 1.29 is 13.6 Å². The number of nitrogens with one attached hydrogen (secondary N) is 2. The molecule has 1 amide bonds. The summed E-state index contributed by atoms with van der Waals surface area (Å²) in [5, 5.41) is 5.17. The zero-order valence-electron chi connectivity index (χ0n) is 10.9. The van der Waals surface area contributed by atoms with Crippen molar-refractivity contribution in [3.05, 3.63) is 60.4 Å². The number of rotatable bonds is 5. The maximum Gasteiger partial charge on any atom is 0.254 e. The molecule has 0 fully saturated rings. The Bertz CT molecular complexity index is 659. The van der Waals surface area contributed by atoms with Gasteiger partial charge in [-0.25, -0.2) is 18.7 Å². The Morgan fingerprint density at radius 3 is 2.62 bits per heavy atom. The minimum Gasteiger partial charge on any atom is -0.348 e. The van der Waals surface area contributed by atoms with Crippen LogP contribution in [0.1, 0.15) is 10.4 Å². The molecule has 2 rings (SSSR count). The number of benzene rings is 1. The smallest absolute Gasteiger partial charge is 0.254 e. The fraction of sp³-hybridized carbons (Fsp3) is 0.0714. The summed E-state index contributed by atoms with van der Waals surface area (Å²) in [6.07, 6.45) is 4.15. The molecule has 0 unspecified atom stereocenters. The number of aromatic nitrogens is 2. The number of carbonyl (C=O) groups excluding carboxylic acids is 1. The van der Waals surface area contributed by atoms with Gasteiger partial charge >= 0.3 is 0 Å². The highest BCUT2D eigenvalue weighted by molar-refractivity contribution is 5.93. The second kappa shape index (κ2) is 6.56. The molecule has 7 heteroatoms. The molecular formula is C14H12F2N4O. The monoisotopic (exact) mass is 290 g/mol. The molecule has 2 N–H and O–H groups in total. The lowest BCUT2D eigenvalue weighted by Gasteiger charge is -2.06. The van der Waals surface area contributed by atoms with Gasteiger partial charge in [0.15, 0.2) is 0 Å². The van der Waals surface area contributed by atoms with Crippen LogP contribution in [0.15, 0.2) is 43.2 Å². The third kappa shape index (κ3) is 3.82. The van der Waals surface area contributed by atoms with E-state index in [1.165, 1.54) is 18.5 Å². The van der Waals surface area contributed by atoms with E-state index in [9.17, 15) is 13.6 Å². The van der Waals surface area contributed by atoms with Crippen molar-refractivity contribution in [2.24, 2.45) is 0 Å². The normalized spacial score (nSPS) is 10.0. The first-order valence-electron chi connectivity index (χ1n) is 6.03. The second-order valence-electron chi connectivity index (χ2n) is 4.04.